The minimum absolute atomic E-state index is 0.186. The molecule has 5 nitrogen and oxygen atoms in total. The van der Waals surface area contributed by atoms with Gasteiger partial charge < -0.3 is 14.2 Å². The average molecular weight is 513 g/mol. The van der Waals surface area contributed by atoms with Crippen molar-refractivity contribution in [1.29, 1.82) is 0 Å². The largest absolute Gasteiger partial charge is 0.490 e. The molecule has 0 spiro atoms. The van der Waals surface area contributed by atoms with E-state index in [0.29, 0.717) is 35.3 Å². The molecule has 0 fully saturated rings. The zero-order chi connectivity index (χ0) is 22.5. The van der Waals surface area contributed by atoms with Crippen molar-refractivity contribution in [1.82, 2.24) is 0 Å². The first-order valence-corrected chi connectivity index (χ1v) is 11.1. The van der Waals surface area contributed by atoms with Crippen LogP contribution >= 0.6 is 27.5 Å². The fourth-order valence-corrected chi connectivity index (χ4v) is 3.54. The molecule has 0 saturated heterocycles. The summed E-state index contributed by atoms with van der Waals surface area (Å²) in [4.78, 5) is 16.6. The number of benzene rings is 3. The smallest absolute Gasteiger partial charge is 0.363 e. The van der Waals surface area contributed by atoms with Crippen LogP contribution in [0.2, 0.25) is 5.02 Å². The van der Waals surface area contributed by atoms with E-state index in [4.69, 9.17) is 25.8 Å². The second-order valence-electron chi connectivity index (χ2n) is 6.87. The number of nitrogens with zero attached hydrogens (tertiary/aromatic N) is 1. The van der Waals surface area contributed by atoms with Crippen molar-refractivity contribution in [3.8, 4) is 11.5 Å². The minimum Gasteiger partial charge on any atom is -0.490 e. The van der Waals surface area contributed by atoms with Crippen LogP contribution in [0.15, 0.2) is 81.9 Å². The van der Waals surface area contributed by atoms with E-state index in [9.17, 15) is 4.79 Å². The zero-order valence-corrected chi connectivity index (χ0v) is 19.5. The fourth-order valence-electron chi connectivity index (χ4n) is 3.06. The van der Waals surface area contributed by atoms with Crippen molar-refractivity contribution in [2.45, 2.75) is 13.5 Å². The van der Waals surface area contributed by atoms with Gasteiger partial charge in [-0.15, -0.1) is 0 Å². The van der Waals surface area contributed by atoms with Crippen LogP contribution in [0.5, 0.6) is 11.5 Å². The maximum atomic E-state index is 12.3. The molecular weight excluding hydrogens is 494 g/mol. The Kier molecular flexibility index (Phi) is 6.93. The molecule has 0 N–H and O–H groups in total. The first kappa shape index (κ1) is 22.1. The average Bonchev–Trinajstić information content (AvgIpc) is 3.15. The van der Waals surface area contributed by atoms with Crippen LogP contribution in [0.4, 0.5) is 0 Å². The molecular formula is C25H19BrClNO4. The van der Waals surface area contributed by atoms with Crippen LogP contribution in [0.3, 0.4) is 0 Å². The van der Waals surface area contributed by atoms with E-state index in [0.717, 1.165) is 15.6 Å². The molecule has 1 heterocycles. The van der Waals surface area contributed by atoms with Gasteiger partial charge in [0.05, 0.1) is 17.2 Å². The van der Waals surface area contributed by atoms with E-state index in [1.165, 1.54) is 0 Å². The molecule has 0 unspecified atom stereocenters. The predicted octanol–water partition coefficient (Wildman–Crippen LogP) is 6.42. The van der Waals surface area contributed by atoms with Gasteiger partial charge in [-0.2, -0.15) is 0 Å². The second kappa shape index (κ2) is 10.0. The summed E-state index contributed by atoms with van der Waals surface area (Å²) in [5.74, 6) is 0.853. The summed E-state index contributed by atoms with van der Waals surface area (Å²) in [5.41, 5.74) is 2.53. The quantitative estimate of drug-likeness (QED) is 0.271. The third kappa shape index (κ3) is 5.21. The Morgan fingerprint density at radius 3 is 2.56 bits per heavy atom. The molecule has 0 aliphatic carbocycles. The Balaban J connectivity index is 1.56. The van der Waals surface area contributed by atoms with Crippen LogP contribution in [-0.4, -0.2) is 18.5 Å². The van der Waals surface area contributed by atoms with E-state index >= 15 is 0 Å². The Morgan fingerprint density at radius 1 is 1.03 bits per heavy atom. The number of esters is 1. The normalized spacial score (nSPS) is 14.3. The molecule has 0 aromatic heterocycles. The number of hydrogen-bond donors (Lipinski definition) is 0. The minimum atomic E-state index is -0.534. The van der Waals surface area contributed by atoms with Crippen LogP contribution in [-0.2, 0) is 16.1 Å². The highest BCUT2D eigenvalue weighted by atomic mass is 79.9. The van der Waals surface area contributed by atoms with E-state index in [-0.39, 0.29) is 11.6 Å². The van der Waals surface area contributed by atoms with E-state index < -0.39 is 5.97 Å². The number of cyclic esters (lactones) is 1. The standard InChI is InChI=1S/C25H19BrClNO4/c1-2-30-23-14-17(9-12-22(23)31-15-16-7-10-18(26)11-8-16)13-21-25(29)32-24(28-21)19-5-3-4-6-20(19)27/h3-14H,2,15H2,1H3/b21-13-. The van der Waals surface area contributed by atoms with Gasteiger partial charge in [-0.25, -0.2) is 9.79 Å². The number of rotatable bonds is 7. The first-order chi connectivity index (χ1) is 15.5. The molecule has 0 bridgehead atoms. The molecule has 162 valence electrons. The van der Waals surface area contributed by atoms with Crippen molar-refractivity contribution in [2.75, 3.05) is 6.61 Å². The number of aliphatic imine (C=N–C) groups is 1. The first-order valence-electron chi connectivity index (χ1n) is 9.95. The summed E-state index contributed by atoms with van der Waals surface area (Å²) < 4.78 is 18.0. The number of carbonyl (C=O) groups is 1. The van der Waals surface area contributed by atoms with Gasteiger partial charge in [0.25, 0.3) is 0 Å². The Labute approximate surface area is 199 Å². The summed E-state index contributed by atoms with van der Waals surface area (Å²) >= 11 is 9.62. The van der Waals surface area contributed by atoms with Gasteiger partial charge in [-0.1, -0.05) is 57.9 Å². The SMILES string of the molecule is CCOc1cc(/C=C2\N=C(c3ccccc3Cl)OC2=O)ccc1OCc1ccc(Br)cc1. The number of halogens is 2. The van der Waals surface area contributed by atoms with E-state index in [1.807, 2.05) is 49.4 Å². The molecule has 32 heavy (non-hydrogen) atoms. The second-order valence-corrected chi connectivity index (χ2v) is 8.19. The van der Waals surface area contributed by atoms with Gasteiger partial charge in [-0.3, -0.25) is 0 Å². The van der Waals surface area contributed by atoms with Crippen LogP contribution in [0.1, 0.15) is 23.6 Å². The van der Waals surface area contributed by atoms with Crippen molar-refractivity contribution < 1.29 is 19.0 Å². The van der Waals surface area contributed by atoms with Crippen LogP contribution < -0.4 is 9.47 Å². The maximum Gasteiger partial charge on any atom is 0.363 e. The highest BCUT2D eigenvalue weighted by molar-refractivity contribution is 9.10. The Hall–Kier alpha value is -3.09. The summed E-state index contributed by atoms with van der Waals surface area (Å²) in [6, 6.07) is 20.5. The van der Waals surface area contributed by atoms with E-state index in [1.54, 1.807) is 30.3 Å². The topological polar surface area (TPSA) is 57.1 Å². The molecule has 0 saturated carbocycles. The van der Waals surface area contributed by atoms with Crippen molar-refractivity contribution in [3.05, 3.63) is 98.6 Å². The molecule has 3 aromatic carbocycles. The fraction of sp³-hybridized carbons (Fsp3) is 0.120. The molecule has 0 amide bonds. The Morgan fingerprint density at radius 2 is 1.81 bits per heavy atom. The number of hydrogen-bond acceptors (Lipinski definition) is 5. The lowest BCUT2D eigenvalue weighted by Gasteiger charge is -2.13. The van der Waals surface area contributed by atoms with E-state index in [2.05, 4.69) is 20.9 Å². The lowest BCUT2D eigenvalue weighted by Crippen LogP contribution is -2.05. The summed E-state index contributed by atoms with van der Waals surface area (Å²) in [6.07, 6.45) is 1.65. The summed E-state index contributed by atoms with van der Waals surface area (Å²) in [6.45, 7) is 2.79. The summed E-state index contributed by atoms with van der Waals surface area (Å²) in [7, 11) is 0. The van der Waals surface area contributed by atoms with Crippen molar-refractivity contribution in [2.24, 2.45) is 4.99 Å². The molecule has 7 heteroatoms. The van der Waals surface area contributed by atoms with Gasteiger partial charge in [0, 0.05) is 4.47 Å². The van der Waals surface area contributed by atoms with Gasteiger partial charge >= 0.3 is 5.97 Å². The maximum absolute atomic E-state index is 12.3. The zero-order valence-electron chi connectivity index (χ0n) is 17.2. The Bertz CT molecular complexity index is 1200. The van der Waals surface area contributed by atoms with Crippen LogP contribution in [0.25, 0.3) is 6.08 Å². The number of ether oxygens (including phenoxy) is 3. The highest BCUT2D eigenvalue weighted by Crippen LogP contribution is 2.31. The molecule has 3 aromatic rings. The predicted molar refractivity (Wildman–Crippen MR) is 128 cm³/mol. The molecule has 4 rings (SSSR count). The molecule has 0 radical (unpaired) electrons. The molecule has 1 aliphatic rings. The third-order valence-corrected chi connectivity index (χ3v) is 5.46. The van der Waals surface area contributed by atoms with Crippen molar-refractivity contribution in [3.63, 3.8) is 0 Å². The molecule has 0 atom stereocenters. The number of carbonyl (C=O) groups excluding carboxylic acids is 1. The van der Waals surface area contributed by atoms with Gasteiger partial charge in [-0.05, 0) is 60.5 Å². The van der Waals surface area contributed by atoms with Gasteiger partial charge in [0.15, 0.2) is 17.2 Å². The lowest BCUT2D eigenvalue weighted by molar-refractivity contribution is -0.129. The third-order valence-electron chi connectivity index (χ3n) is 4.60. The summed E-state index contributed by atoms with van der Waals surface area (Å²) in [5, 5.41) is 0.464. The van der Waals surface area contributed by atoms with Gasteiger partial charge in [0.1, 0.15) is 6.61 Å². The highest BCUT2D eigenvalue weighted by Gasteiger charge is 2.25. The monoisotopic (exact) mass is 511 g/mol. The van der Waals surface area contributed by atoms with Crippen molar-refractivity contribution >= 4 is 45.5 Å². The van der Waals surface area contributed by atoms with Gasteiger partial charge in [0.2, 0.25) is 5.90 Å². The van der Waals surface area contributed by atoms with Crippen LogP contribution in [0, 0.1) is 0 Å². The molecule has 1 aliphatic heterocycles. The lowest BCUT2D eigenvalue weighted by atomic mass is 10.1.